The largest absolute Gasteiger partial charge is 0.348 e. The van der Waals surface area contributed by atoms with E-state index in [0.717, 1.165) is 6.42 Å². The van der Waals surface area contributed by atoms with Crippen LogP contribution in [0.4, 0.5) is 0 Å². The molecule has 3 aliphatic rings. The van der Waals surface area contributed by atoms with Crippen molar-refractivity contribution in [3.05, 3.63) is 0 Å². The molecule has 0 N–H and O–H groups in total. The Labute approximate surface area is 141 Å². The normalized spacial score (nSPS) is 42.3. The van der Waals surface area contributed by atoms with Gasteiger partial charge in [0.25, 0.3) is 0 Å². The number of thioether (sulfide) groups is 2. The molecule has 3 aliphatic heterocycles. The van der Waals surface area contributed by atoms with E-state index in [-0.39, 0.29) is 28.7 Å². The lowest BCUT2D eigenvalue weighted by Gasteiger charge is -2.44. The fraction of sp³-hybridized carbons (Fsp3) is 1.00. The highest BCUT2D eigenvalue weighted by Gasteiger charge is 2.58. The Morgan fingerprint density at radius 2 is 1.36 bits per heavy atom. The third-order valence-corrected chi connectivity index (χ3v) is 7.10. The molecule has 0 aliphatic carbocycles. The summed E-state index contributed by atoms with van der Waals surface area (Å²) in [5, 5.41) is 0. The van der Waals surface area contributed by atoms with Gasteiger partial charge in [-0.3, -0.25) is 0 Å². The van der Waals surface area contributed by atoms with Gasteiger partial charge in [0.1, 0.15) is 18.3 Å². The van der Waals surface area contributed by atoms with Crippen LogP contribution in [0.25, 0.3) is 0 Å². The van der Waals surface area contributed by atoms with Crippen molar-refractivity contribution in [2.24, 2.45) is 0 Å². The Bertz CT molecular complexity index is 424. The van der Waals surface area contributed by atoms with E-state index in [1.807, 2.05) is 27.7 Å². The molecule has 128 valence electrons. The second-order valence-corrected chi connectivity index (χ2v) is 9.28. The quantitative estimate of drug-likeness (QED) is 0.725. The van der Waals surface area contributed by atoms with E-state index >= 15 is 0 Å². The summed E-state index contributed by atoms with van der Waals surface area (Å²) in [7, 11) is 0. The summed E-state index contributed by atoms with van der Waals surface area (Å²) < 4.78 is 30.2. The van der Waals surface area contributed by atoms with Crippen molar-refractivity contribution < 1.29 is 23.7 Å². The fourth-order valence-corrected chi connectivity index (χ4v) is 5.12. The summed E-state index contributed by atoms with van der Waals surface area (Å²) in [5.74, 6) is -1.16. The Morgan fingerprint density at radius 1 is 0.773 bits per heavy atom. The van der Waals surface area contributed by atoms with Gasteiger partial charge in [-0.15, -0.1) is 23.5 Å². The summed E-state index contributed by atoms with van der Waals surface area (Å²) in [5.41, 5.74) is 0. The first kappa shape index (κ1) is 17.3. The molecule has 3 fully saturated rings. The molecule has 0 unspecified atom stereocenters. The van der Waals surface area contributed by atoms with E-state index in [1.54, 1.807) is 23.5 Å². The van der Waals surface area contributed by atoms with Crippen LogP contribution >= 0.6 is 23.5 Å². The molecule has 5 nitrogen and oxygen atoms in total. The molecule has 0 saturated carbocycles. The van der Waals surface area contributed by atoms with Crippen molar-refractivity contribution >= 4 is 23.5 Å². The number of rotatable bonds is 3. The lowest BCUT2D eigenvalue weighted by atomic mass is 9.98. The second-order valence-electron chi connectivity index (χ2n) is 6.88. The van der Waals surface area contributed by atoms with Gasteiger partial charge < -0.3 is 23.7 Å². The number of hydrogen-bond donors (Lipinski definition) is 0. The molecule has 0 spiro atoms. The van der Waals surface area contributed by atoms with Gasteiger partial charge in [-0.05, 0) is 40.2 Å². The Kier molecular flexibility index (Phi) is 4.56. The molecule has 3 heterocycles. The zero-order valence-electron chi connectivity index (χ0n) is 14.1. The highest BCUT2D eigenvalue weighted by molar-refractivity contribution is 8.17. The number of ether oxygens (including phenoxy) is 5. The third-order valence-electron chi connectivity index (χ3n) is 4.33. The van der Waals surface area contributed by atoms with Gasteiger partial charge in [0.15, 0.2) is 15.8 Å². The van der Waals surface area contributed by atoms with E-state index in [1.165, 1.54) is 0 Å². The maximum atomic E-state index is 6.47. The van der Waals surface area contributed by atoms with Crippen LogP contribution in [0.3, 0.4) is 0 Å². The van der Waals surface area contributed by atoms with Gasteiger partial charge in [0, 0.05) is 6.42 Å². The molecule has 0 aromatic heterocycles. The van der Waals surface area contributed by atoms with Crippen LogP contribution in [0, 0.1) is 0 Å². The van der Waals surface area contributed by atoms with Crippen molar-refractivity contribution in [3.8, 4) is 0 Å². The molecule has 0 aromatic rings. The summed E-state index contributed by atoms with van der Waals surface area (Å²) in [4.78, 5) is 0. The van der Waals surface area contributed by atoms with Gasteiger partial charge in [-0.1, -0.05) is 0 Å². The van der Waals surface area contributed by atoms with Crippen LogP contribution in [-0.2, 0) is 23.7 Å². The smallest absolute Gasteiger partial charge is 0.163 e. The SMILES string of the molecule is CSC1(SC)C[C@H]2OC(C)(C)O[C@H]2[C@@H]([C@H]2COC(C)(C)O2)O1. The molecular formula is C15H26O5S2. The zero-order valence-corrected chi connectivity index (χ0v) is 15.7. The highest BCUT2D eigenvalue weighted by atomic mass is 32.2. The Balaban J connectivity index is 1.85. The Morgan fingerprint density at radius 3 is 1.91 bits per heavy atom. The van der Waals surface area contributed by atoms with Crippen molar-refractivity contribution in [2.45, 2.75) is 74.4 Å². The van der Waals surface area contributed by atoms with Crippen molar-refractivity contribution in [2.75, 3.05) is 19.1 Å². The Hall–Kier alpha value is 0.500. The number of fused-ring (bicyclic) bond motifs is 1. The molecule has 0 radical (unpaired) electrons. The maximum absolute atomic E-state index is 6.47. The minimum atomic E-state index is -0.585. The average Bonchev–Trinajstić information content (AvgIpc) is 2.95. The molecule has 3 rings (SSSR count). The summed E-state index contributed by atoms with van der Waals surface area (Å²) in [6, 6.07) is 0. The van der Waals surface area contributed by atoms with E-state index in [9.17, 15) is 0 Å². The van der Waals surface area contributed by atoms with E-state index in [2.05, 4.69) is 12.5 Å². The van der Waals surface area contributed by atoms with Gasteiger partial charge in [-0.2, -0.15) is 0 Å². The average molecular weight is 351 g/mol. The minimum Gasteiger partial charge on any atom is -0.348 e. The fourth-order valence-electron chi connectivity index (χ4n) is 3.38. The molecule has 7 heteroatoms. The zero-order chi connectivity index (χ0) is 16.2. The molecule has 22 heavy (non-hydrogen) atoms. The van der Waals surface area contributed by atoms with Crippen molar-refractivity contribution in [1.29, 1.82) is 0 Å². The highest BCUT2D eigenvalue weighted by Crippen LogP contribution is 2.51. The first-order valence-electron chi connectivity index (χ1n) is 7.65. The lowest BCUT2D eigenvalue weighted by molar-refractivity contribution is -0.197. The van der Waals surface area contributed by atoms with E-state index in [0.29, 0.717) is 6.61 Å². The standard InChI is InChI=1S/C15H26O5S2/c1-13(2)16-8-10(18-13)12-11-9(17-14(3,4)19-11)7-15(20-12,21-5)22-6/h9-12H,7-8H2,1-6H3/t9-,10-,11-,12-/m1/s1. The predicted octanol–water partition coefficient (Wildman–Crippen LogP) is 2.83. The van der Waals surface area contributed by atoms with Crippen LogP contribution in [0.15, 0.2) is 0 Å². The van der Waals surface area contributed by atoms with E-state index in [4.69, 9.17) is 23.7 Å². The monoisotopic (exact) mass is 350 g/mol. The van der Waals surface area contributed by atoms with Crippen LogP contribution in [0.2, 0.25) is 0 Å². The van der Waals surface area contributed by atoms with E-state index < -0.39 is 11.6 Å². The molecule has 4 atom stereocenters. The summed E-state index contributed by atoms with van der Waals surface area (Å²) >= 11 is 3.43. The van der Waals surface area contributed by atoms with Gasteiger partial charge >= 0.3 is 0 Å². The maximum Gasteiger partial charge on any atom is 0.163 e. The van der Waals surface area contributed by atoms with Crippen LogP contribution in [0.5, 0.6) is 0 Å². The van der Waals surface area contributed by atoms with Crippen LogP contribution in [-0.4, -0.2) is 59.4 Å². The molecule has 0 aromatic carbocycles. The molecular weight excluding hydrogens is 324 g/mol. The van der Waals surface area contributed by atoms with Gasteiger partial charge in [0.2, 0.25) is 0 Å². The number of hydrogen-bond acceptors (Lipinski definition) is 7. The summed E-state index contributed by atoms with van der Waals surface area (Å²) in [6.45, 7) is 8.29. The van der Waals surface area contributed by atoms with Crippen LogP contribution in [0.1, 0.15) is 34.1 Å². The summed E-state index contributed by atoms with van der Waals surface area (Å²) in [6.07, 6.45) is 4.51. The molecule has 0 bridgehead atoms. The first-order valence-corrected chi connectivity index (χ1v) is 10.1. The lowest BCUT2D eigenvalue weighted by Crippen LogP contribution is -2.55. The topological polar surface area (TPSA) is 46.2 Å². The van der Waals surface area contributed by atoms with Gasteiger partial charge in [-0.25, -0.2) is 0 Å². The second kappa shape index (κ2) is 5.79. The predicted molar refractivity (Wildman–Crippen MR) is 88.0 cm³/mol. The third kappa shape index (κ3) is 3.18. The van der Waals surface area contributed by atoms with Crippen molar-refractivity contribution in [1.82, 2.24) is 0 Å². The van der Waals surface area contributed by atoms with Crippen molar-refractivity contribution in [3.63, 3.8) is 0 Å². The van der Waals surface area contributed by atoms with Crippen LogP contribution < -0.4 is 0 Å². The molecule has 0 amide bonds. The van der Waals surface area contributed by atoms with Gasteiger partial charge in [0.05, 0.1) is 12.7 Å². The first-order chi connectivity index (χ1) is 10.2. The molecule has 3 saturated heterocycles. The minimum absolute atomic E-state index is 0.0148.